The molecule has 1 heterocycles. The van der Waals surface area contributed by atoms with E-state index in [-0.39, 0.29) is 37.0 Å². The molecule has 4 atom stereocenters. The van der Waals surface area contributed by atoms with Crippen LogP contribution in [0.3, 0.4) is 0 Å². The fourth-order valence-corrected chi connectivity index (χ4v) is 6.31. The molecule has 43 heavy (non-hydrogen) atoms. The quantitative estimate of drug-likeness (QED) is 0.220. The van der Waals surface area contributed by atoms with E-state index in [4.69, 9.17) is 4.74 Å². The largest absolute Gasteiger partial charge is 0.444 e. The Hall–Kier alpha value is -3.22. The number of sulfonamides is 1. The van der Waals surface area contributed by atoms with Crippen molar-refractivity contribution in [3.05, 3.63) is 24.8 Å². The van der Waals surface area contributed by atoms with Crippen LogP contribution in [0.2, 0.25) is 0 Å². The Morgan fingerprint density at radius 1 is 1.07 bits per heavy atom. The van der Waals surface area contributed by atoms with Gasteiger partial charge in [0.05, 0.1) is 5.25 Å². The third kappa shape index (κ3) is 9.38. The molecule has 0 aromatic heterocycles. The van der Waals surface area contributed by atoms with Crippen molar-refractivity contribution in [2.45, 2.75) is 115 Å². The van der Waals surface area contributed by atoms with Gasteiger partial charge >= 0.3 is 6.09 Å². The number of ketones is 1. The fraction of sp³-hybridized carbons (Fsp3) is 0.700. The number of likely N-dealkylation sites (tertiary alicyclic amines) is 1. The van der Waals surface area contributed by atoms with E-state index in [1.165, 1.54) is 17.1 Å². The summed E-state index contributed by atoms with van der Waals surface area (Å²) in [6.45, 7) is 14.8. The van der Waals surface area contributed by atoms with Gasteiger partial charge in [0.25, 0.3) is 5.91 Å². The lowest BCUT2D eigenvalue weighted by atomic mass is 9.95. The zero-order valence-corrected chi connectivity index (χ0v) is 26.8. The molecule has 3 N–H and O–H groups in total. The van der Waals surface area contributed by atoms with Crippen molar-refractivity contribution in [2.24, 2.45) is 11.3 Å². The lowest BCUT2D eigenvalue weighted by Gasteiger charge is -2.30. The Kier molecular flexibility index (Phi) is 10.2. The molecule has 1 saturated heterocycles. The van der Waals surface area contributed by atoms with Crippen LogP contribution in [-0.4, -0.2) is 77.9 Å². The van der Waals surface area contributed by atoms with Gasteiger partial charge < -0.3 is 20.3 Å². The monoisotopic (exact) mass is 622 g/mol. The summed E-state index contributed by atoms with van der Waals surface area (Å²) in [5.41, 5.74) is -2.51. The second-order valence-electron chi connectivity index (χ2n) is 13.8. The molecule has 3 rings (SSSR count). The van der Waals surface area contributed by atoms with Crippen molar-refractivity contribution >= 4 is 39.6 Å². The van der Waals surface area contributed by atoms with Gasteiger partial charge in [-0.25, -0.2) is 13.2 Å². The first-order valence-electron chi connectivity index (χ1n) is 14.8. The highest BCUT2D eigenvalue weighted by atomic mass is 32.2. The summed E-state index contributed by atoms with van der Waals surface area (Å²) < 4.78 is 32.3. The number of rotatable bonds is 12. The van der Waals surface area contributed by atoms with E-state index in [0.29, 0.717) is 25.7 Å². The topological polar surface area (TPSA) is 168 Å². The number of amides is 4. The van der Waals surface area contributed by atoms with Crippen LogP contribution in [0.1, 0.15) is 86.5 Å². The Balaban J connectivity index is 1.75. The van der Waals surface area contributed by atoms with E-state index in [0.717, 1.165) is 0 Å². The van der Waals surface area contributed by atoms with E-state index in [1.807, 2.05) is 20.8 Å². The van der Waals surface area contributed by atoms with Crippen LogP contribution >= 0.6 is 0 Å². The summed E-state index contributed by atoms with van der Waals surface area (Å²) in [4.78, 5) is 66.9. The molecule has 0 aromatic carbocycles. The Labute approximate surface area is 254 Å². The maximum atomic E-state index is 13.8. The van der Waals surface area contributed by atoms with E-state index in [1.54, 1.807) is 26.8 Å². The van der Waals surface area contributed by atoms with Crippen molar-refractivity contribution in [3.8, 4) is 0 Å². The second-order valence-corrected chi connectivity index (χ2v) is 15.7. The number of alkyl carbamates (subject to hydrolysis) is 1. The Morgan fingerprint density at radius 3 is 2.26 bits per heavy atom. The van der Waals surface area contributed by atoms with Crippen LogP contribution in [0.5, 0.6) is 0 Å². The molecule has 12 nitrogen and oxygen atoms in total. The molecule has 0 bridgehead atoms. The van der Waals surface area contributed by atoms with Gasteiger partial charge in [-0.05, 0) is 70.8 Å². The minimum atomic E-state index is -3.84. The van der Waals surface area contributed by atoms with Gasteiger partial charge in [0.15, 0.2) is 5.78 Å². The second kappa shape index (κ2) is 12.8. The molecule has 0 spiro atoms. The van der Waals surface area contributed by atoms with Crippen molar-refractivity contribution in [2.75, 3.05) is 6.54 Å². The molecule has 13 heteroatoms. The highest BCUT2D eigenvalue weighted by molar-refractivity contribution is 7.91. The minimum Gasteiger partial charge on any atom is -0.444 e. The maximum Gasteiger partial charge on any atom is 0.408 e. The number of carbonyl (C=O) groups excluding carboxylic acids is 5. The molecule has 1 aliphatic heterocycles. The van der Waals surface area contributed by atoms with Gasteiger partial charge in [0.1, 0.15) is 23.2 Å². The standard InChI is InChI=1S/C30H46N4O8S/c1-8-19-18-30(19,26(38)33-43(40,41)21-12-13-21)32-24(36)23-10-9-17-34(23)25(37)22(31-27(39)42-29(5,6)7)14-11-20(35)15-16-28(2,3)4/h8,15-16,19,21-23H,1,9-14,17-18H2,2-7H3,(H,31,39)(H,32,36)(H,33,38)/t19-,22+,23+,30-/m1/s1. The molecule has 2 saturated carbocycles. The predicted molar refractivity (Wildman–Crippen MR) is 160 cm³/mol. The minimum absolute atomic E-state index is 0.0138. The summed E-state index contributed by atoms with van der Waals surface area (Å²) in [7, 11) is -3.84. The number of hydrogen-bond acceptors (Lipinski definition) is 8. The number of ether oxygens (including phenoxy) is 1. The number of allylic oxidation sites excluding steroid dienone is 2. The smallest absolute Gasteiger partial charge is 0.408 e. The average molecular weight is 623 g/mol. The summed E-state index contributed by atoms with van der Waals surface area (Å²) in [6.07, 6.45) is 5.79. The highest BCUT2D eigenvalue weighted by Crippen LogP contribution is 2.45. The molecule has 2 aliphatic carbocycles. The molecule has 240 valence electrons. The highest BCUT2D eigenvalue weighted by Gasteiger charge is 2.61. The molecule has 0 unspecified atom stereocenters. The Bertz CT molecular complexity index is 1280. The van der Waals surface area contributed by atoms with Crippen LogP contribution in [0.25, 0.3) is 0 Å². The van der Waals surface area contributed by atoms with Gasteiger partial charge in [-0.15, -0.1) is 6.58 Å². The van der Waals surface area contributed by atoms with Crippen LogP contribution < -0.4 is 15.4 Å². The number of hydrogen-bond donors (Lipinski definition) is 3. The van der Waals surface area contributed by atoms with E-state index in [2.05, 4.69) is 21.9 Å². The maximum absolute atomic E-state index is 13.8. The lowest BCUT2D eigenvalue weighted by molar-refractivity contribution is -0.141. The predicted octanol–water partition coefficient (Wildman–Crippen LogP) is 2.49. The number of nitrogens with zero attached hydrogens (tertiary/aromatic N) is 1. The molecular weight excluding hydrogens is 576 g/mol. The van der Waals surface area contributed by atoms with Crippen molar-refractivity contribution in [1.82, 2.24) is 20.3 Å². The first-order valence-corrected chi connectivity index (χ1v) is 16.4. The van der Waals surface area contributed by atoms with Crippen molar-refractivity contribution in [3.63, 3.8) is 0 Å². The molecule has 0 radical (unpaired) electrons. The van der Waals surface area contributed by atoms with Crippen molar-refractivity contribution in [1.29, 1.82) is 0 Å². The Morgan fingerprint density at radius 2 is 1.72 bits per heavy atom. The van der Waals surface area contributed by atoms with Crippen molar-refractivity contribution < 1.29 is 37.1 Å². The van der Waals surface area contributed by atoms with Gasteiger partial charge in [0, 0.05) is 18.9 Å². The summed E-state index contributed by atoms with van der Waals surface area (Å²) in [5.74, 6) is -2.66. The number of nitrogens with one attached hydrogen (secondary N) is 3. The van der Waals surface area contributed by atoms with Crippen LogP contribution in [-0.2, 0) is 33.9 Å². The fourth-order valence-electron chi connectivity index (χ4n) is 4.94. The normalized spacial score (nSPS) is 24.7. The molecule has 4 amide bonds. The van der Waals surface area contributed by atoms with E-state index < -0.39 is 68.2 Å². The van der Waals surface area contributed by atoms with E-state index >= 15 is 0 Å². The van der Waals surface area contributed by atoms with Gasteiger partial charge in [-0.3, -0.25) is 23.9 Å². The van der Waals surface area contributed by atoms with Gasteiger partial charge in [-0.2, -0.15) is 0 Å². The van der Waals surface area contributed by atoms with Crippen LogP contribution in [0.15, 0.2) is 24.8 Å². The van der Waals surface area contributed by atoms with Crippen LogP contribution in [0, 0.1) is 11.3 Å². The lowest BCUT2D eigenvalue weighted by Crippen LogP contribution is -2.58. The summed E-state index contributed by atoms with van der Waals surface area (Å²) in [6, 6.07) is -2.10. The molecular formula is C30H46N4O8S. The summed E-state index contributed by atoms with van der Waals surface area (Å²) in [5, 5.41) is 4.67. The number of carbonyl (C=O) groups is 5. The molecule has 0 aromatic rings. The van der Waals surface area contributed by atoms with Gasteiger partial charge in [-0.1, -0.05) is 32.9 Å². The molecule has 3 aliphatic rings. The van der Waals surface area contributed by atoms with Gasteiger partial charge in [0.2, 0.25) is 21.8 Å². The SMILES string of the molecule is C=C[C@@H]1C[C@]1(NC(=O)[C@@H]1CCCN1C(=O)[C@H](CCC(=O)C=CC(C)(C)C)NC(=O)OC(C)(C)C)C(=O)NS(=O)(=O)C1CC1. The third-order valence-electron chi connectivity index (χ3n) is 7.53. The van der Waals surface area contributed by atoms with E-state index in [9.17, 15) is 32.4 Å². The zero-order valence-electron chi connectivity index (χ0n) is 26.0. The zero-order chi connectivity index (χ0) is 32.4. The first kappa shape index (κ1) is 34.3. The molecule has 3 fully saturated rings. The summed E-state index contributed by atoms with van der Waals surface area (Å²) >= 11 is 0. The third-order valence-corrected chi connectivity index (χ3v) is 9.34. The van der Waals surface area contributed by atoms with Crippen LogP contribution in [0.4, 0.5) is 4.79 Å². The first-order chi connectivity index (χ1) is 19.8. The average Bonchev–Trinajstić information content (AvgIpc) is 3.79.